The fourth-order valence-electron chi connectivity index (χ4n) is 3.55. The van der Waals surface area contributed by atoms with Gasteiger partial charge in [0.25, 0.3) is 0 Å². The lowest BCUT2D eigenvalue weighted by molar-refractivity contribution is -0.136. The molecule has 3 aromatic rings. The quantitative estimate of drug-likeness (QED) is 0.475. The summed E-state index contributed by atoms with van der Waals surface area (Å²) in [6.07, 6.45) is 2.30. The molecule has 0 atom stereocenters. The molecule has 0 bridgehead atoms. The van der Waals surface area contributed by atoms with Gasteiger partial charge in [0, 0.05) is 26.3 Å². The second-order valence-corrected chi connectivity index (χ2v) is 8.21. The number of hydrogen-bond donors (Lipinski definition) is 0. The first-order chi connectivity index (χ1) is 15.1. The summed E-state index contributed by atoms with van der Waals surface area (Å²) in [7, 11) is 3.38. The largest absolute Gasteiger partial charge is 0.437 e. The molecular weight excluding hydrogens is 414 g/mol. The summed E-state index contributed by atoms with van der Waals surface area (Å²) < 4.78 is 13.1. The third kappa shape index (κ3) is 5.09. The molecule has 1 heterocycles. The number of benzene rings is 2. The highest BCUT2D eigenvalue weighted by molar-refractivity contribution is 6.32. The second kappa shape index (κ2) is 9.54. The van der Waals surface area contributed by atoms with Gasteiger partial charge in [0.1, 0.15) is 18.1 Å². The fraction of sp³-hybridized carbons (Fsp3) is 0.333. The summed E-state index contributed by atoms with van der Waals surface area (Å²) in [4.78, 5) is 14.7. The Kier molecular flexibility index (Phi) is 6.59. The third-order valence-corrected chi connectivity index (χ3v) is 5.64. The van der Waals surface area contributed by atoms with E-state index in [2.05, 4.69) is 0 Å². The molecule has 1 aliphatic carbocycles. The van der Waals surface area contributed by atoms with Crippen molar-refractivity contribution in [1.82, 2.24) is 14.7 Å². The molecule has 4 rings (SSSR count). The smallest absolute Gasteiger partial charge is 0.248 e. The van der Waals surface area contributed by atoms with Crippen molar-refractivity contribution in [2.45, 2.75) is 19.4 Å². The van der Waals surface area contributed by atoms with Gasteiger partial charge in [-0.3, -0.25) is 4.79 Å². The van der Waals surface area contributed by atoms with Crippen LogP contribution in [0, 0.1) is 5.92 Å². The number of aromatic nitrogens is 2. The maximum atomic E-state index is 12.8. The highest BCUT2D eigenvalue weighted by Crippen LogP contribution is 2.37. The van der Waals surface area contributed by atoms with Crippen molar-refractivity contribution in [3.63, 3.8) is 0 Å². The predicted octanol–water partition coefficient (Wildman–Crippen LogP) is 4.92. The summed E-state index contributed by atoms with van der Waals surface area (Å²) >= 11 is 6.34. The average molecular weight is 440 g/mol. The zero-order valence-corrected chi connectivity index (χ0v) is 18.5. The average Bonchev–Trinajstić information content (AvgIpc) is 3.54. The molecule has 0 spiro atoms. The van der Waals surface area contributed by atoms with E-state index in [9.17, 15) is 4.79 Å². The van der Waals surface area contributed by atoms with E-state index >= 15 is 0 Å². The monoisotopic (exact) mass is 439 g/mol. The van der Waals surface area contributed by atoms with Crippen LogP contribution in [0.25, 0.3) is 11.3 Å². The van der Waals surface area contributed by atoms with Gasteiger partial charge in [-0.15, -0.1) is 0 Å². The molecule has 162 valence electrons. The van der Waals surface area contributed by atoms with E-state index in [0.717, 1.165) is 29.7 Å². The van der Waals surface area contributed by atoms with Gasteiger partial charge < -0.3 is 14.4 Å². The Bertz CT molecular complexity index is 1050. The van der Waals surface area contributed by atoms with Crippen LogP contribution in [-0.4, -0.2) is 40.8 Å². The molecule has 1 amide bonds. The van der Waals surface area contributed by atoms with Crippen molar-refractivity contribution in [2.75, 3.05) is 20.3 Å². The number of rotatable bonds is 9. The lowest BCUT2D eigenvalue weighted by atomic mass is 10.1. The van der Waals surface area contributed by atoms with Gasteiger partial charge >= 0.3 is 0 Å². The number of methoxy groups -OCH3 is 1. The van der Waals surface area contributed by atoms with Crippen LogP contribution >= 0.6 is 11.6 Å². The molecule has 7 heteroatoms. The molecule has 1 fully saturated rings. The third-order valence-electron chi connectivity index (χ3n) is 5.32. The maximum absolute atomic E-state index is 12.8. The summed E-state index contributed by atoms with van der Waals surface area (Å²) in [5.41, 5.74) is 2.60. The van der Waals surface area contributed by atoms with E-state index < -0.39 is 0 Å². The molecule has 2 aromatic carbocycles. The van der Waals surface area contributed by atoms with Crippen LogP contribution < -0.4 is 4.74 Å². The van der Waals surface area contributed by atoms with E-state index in [1.807, 2.05) is 60.5 Å². The number of ether oxygens (including phenoxy) is 2. The zero-order chi connectivity index (χ0) is 21.8. The van der Waals surface area contributed by atoms with Crippen LogP contribution in [0.5, 0.6) is 11.6 Å². The van der Waals surface area contributed by atoms with Gasteiger partial charge in [-0.25, -0.2) is 4.68 Å². The van der Waals surface area contributed by atoms with Gasteiger partial charge in [0.2, 0.25) is 11.8 Å². The zero-order valence-electron chi connectivity index (χ0n) is 17.8. The molecule has 0 radical (unpaired) electrons. The standard InChI is InChI=1S/C24H26ClN3O3/c1-27-24(31-21-11-7-6-10-20(21)25)19(23(26-27)18-8-4-3-5-9-18)15-28(14-17-12-13-17)22(29)16-30-2/h3-11,17H,12-16H2,1-2H3. The second-order valence-electron chi connectivity index (χ2n) is 7.81. The van der Waals surface area contributed by atoms with Crippen molar-refractivity contribution in [3.8, 4) is 22.9 Å². The SMILES string of the molecule is COCC(=O)N(Cc1c(-c2ccccc2)nn(C)c1Oc1ccccc1Cl)CC1CC1. The molecule has 1 aliphatic rings. The van der Waals surface area contributed by atoms with Crippen molar-refractivity contribution < 1.29 is 14.3 Å². The molecule has 31 heavy (non-hydrogen) atoms. The Balaban J connectivity index is 1.75. The number of aryl methyl sites for hydroxylation is 1. The van der Waals surface area contributed by atoms with Crippen LogP contribution in [0.15, 0.2) is 54.6 Å². The Labute approximate surface area is 187 Å². The number of hydrogen-bond acceptors (Lipinski definition) is 4. The number of nitrogens with zero attached hydrogens (tertiary/aromatic N) is 3. The normalized spacial score (nSPS) is 13.3. The Morgan fingerprint density at radius 3 is 2.55 bits per heavy atom. The van der Waals surface area contributed by atoms with Crippen molar-refractivity contribution in [2.24, 2.45) is 13.0 Å². The topological polar surface area (TPSA) is 56.6 Å². The van der Waals surface area contributed by atoms with Crippen LogP contribution in [0.3, 0.4) is 0 Å². The van der Waals surface area contributed by atoms with Crippen LogP contribution in [0.4, 0.5) is 0 Å². The van der Waals surface area contributed by atoms with E-state index in [0.29, 0.717) is 35.7 Å². The highest BCUT2D eigenvalue weighted by atomic mass is 35.5. The molecule has 6 nitrogen and oxygen atoms in total. The molecule has 0 N–H and O–H groups in total. The van der Waals surface area contributed by atoms with Gasteiger partial charge in [-0.2, -0.15) is 5.10 Å². The molecule has 1 saturated carbocycles. The van der Waals surface area contributed by atoms with Gasteiger partial charge in [-0.1, -0.05) is 54.1 Å². The van der Waals surface area contributed by atoms with Gasteiger partial charge in [0.15, 0.2) is 0 Å². The minimum Gasteiger partial charge on any atom is -0.437 e. The number of carbonyl (C=O) groups excluding carboxylic acids is 1. The lowest BCUT2D eigenvalue weighted by Gasteiger charge is -2.23. The Hall–Kier alpha value is -2.83. The summed E-state index contributed by atoms with van der Waals surface area (Å²) in [5.74, 6) is 1.62. The molecule has 0 aliphatic heterocycles. The lowest BCUT2D eigenvalue weighted by Crippen LogP contribution is -2.35. The summed E-state index contributed by atoms with van der Waals surface area (Å²) in [5, 5.41) is 5.25. The fourth-order valence-corrected chi connectivity index (χ4v) is 3.73. The Morgan fingerprint density at radius 2 is 1.87 bits per heavy atom. The maximum Gasteiger partial charge on any atom is 0.248 e. The molecule has 1 aromatic heterocycles. The van der Waals surface area contributed by atoms with E-state index in [1.54, 1.807) is 17.9 Å². The van der Waals surface area contributed by atoms with E-state index in [-0.39, 0.29) is 12.5 Å². The molecule has 0 unspecified atom stereocenters. The minimum absolute atomic E-state index is 0.0408. The number of halogens is 1. The van der Waals surface area contributed by atoms with Crippen molar-refractivity contribution in [3.05, 3.63) is 65.2 Å². The van der Waals surface area contributed by atoms with E-state index in [1.165, 1.54) is 0 Å². The van der Waals surface area contributed by atoms with Crippen molar-refractivity contribution in [1.29, 1.82) is 0 Å². The number of carbonyl (C=O) groups is 1. The molecule has 0 saturated heterocycles. The first kappa shape index (κ1) is 21.4. The highest BCUT2D eigenvalue weighted by Gasteiger charge is 2.30. The van der Waals surface area contributed by atoms with Crippen LogP contribution in [0.2, 0.25) is 5.02 Å². The number of para-hydroxylation sites is 1. The van der Waals surface area contributed by atoms with Crippen LogP contribution in [-0.2, 0) is 23.1 Å². The predicted molar refractivity (Wildman–Crippen MR) is 120 cm³/mol. The van der Waals surface area contributed by atoms with Crippen LogP contribution in [0.1, 0.15) is 18.4 Å². The van der Waals surface area contributed by atoms with Crippen molar-refractivity contribution >= 4 is 17.5 Å². The first-order valence-corrected chi connectivity index (χ1v) is 10.7. The van der Waals surface area contributed by atoms with Gasteiger partial charge in [-0.05, 0) is 30.9 Å². The Morgan fingerprint density at radius 1 is 1.16 bits per heavy atom. The molecular formula is C24H26ClN3O3. The summed E-state index contributed by atoms with van der Waals surface area (Å²) in [6, 6.07) is 17.3. The van der Waals surface area contributed by atoms with E-state index in [4.69, 9.17) is 26.2 Å². The number of amides is 1. The first-order valence-electron chi connectivity index (χ1n) is 10.4. The summed E-state index contributed by atoms with van der Waals surface area (Å²) in [6.45, 7) is 1.14. The minimum atomic E-state index is -0.0408. The van der Waals surface area contributed by atoms with Gasteiger partial charge in [0.05, 0.1) is 17.1 Å².